The lowest BCUT2D eigenvalue weighted by atomic mass is 10.3. The summed E-state index contributed by atoms with van der Waals surface area (Å²) in [6.45, 7) is 4.96. The first-order valence-electron chi connectivity index (χ1n) is 3.20. The molecule has 0 fully saturated rings. The number of Topliss-reactive ketones (excluding diaryl/α,β-unsaturated/α-hetero) is 1. The van der Waals surface area contributed by atoms with Crippen molar-refractivity contribution in [2.75, 3.05) is 0 Å². The smallest absolute Gasteiger partial charge is 0.178 e. The third-order valence-corrected chi connectivity index (χ3v) is 1.22. The van der Waals surface area contributed by atoms with Gasteiger partial charge in [-0.15, -0.1) is 0 Å². The summed E-state index contributed by atoms with van der Waals surface area (Å²) in [7, 11) is 0. The lowest BCUT2D eigenvalue weighted by Gasteiger charge is -1.94. The van der Waals surface area contributed by atoms with Gasteiger partial charge in [0.25, 0.3) is 0 Å². The van der Waals surface area contributed by atoms with E-state index in [4.69, 9.17) is 0 Å². The molecule has 3 nitrogen and oxygen atoms in total. The maximum absolute atomic E-state index is 10.8. The van der Waals surface area contributed by atoms with Gasteiger partial charge in [-0.05, 0) is 12.1 Å². The minimum Gasteiger partial charge on any atom is -0.293 e. The summed E-state index contributed by atoms with van der Waals surface area (Å²) in [5.41, 5.74) is 0.426. The number of nitrogens with zero attached hydrogens (tertiary/aromatic N) is 2. The summed E-state index contributed by atoms with van der Waals surface area (Å²) in [5, 5.41) is 0. The van der Waals surface area contributed by atoms with Crippen LogP contribution in [0.1, 0.15) is 23.2 Å². The van der Waals surface area contributed by atoms with E-state index in [2.05, 4.69) is 16.5 Å². The number of hydrogen-bond acceptors (Lipinski definition) is 3. The van der Waals surface area contributed by atoms with Crippen LogP contribution < -0.4 is 0 Å². The molecule has 1 heterocycles. The number of rotatable bonds is 2. The highest BCUT2D eigenvalue weighted by atomic mass is 16.1. The highest BCUT2D eigenvalue weighted by Crippen LogP contribution is 1.96. The number of aromatic nitrogens is 2. The van der Waals surface area contributed by atoms with Crippen LogP contribution in [0.3, 0.4) is 0 Å². The first-order chi connectivity index (χ1) is 5.24. The van der Waals surface area contributed by atoms with E-state index in [-0.39, 0.29) is 5.78 Å². The molecular weight excluding hydrogens is 140 g/mol. The number of ketones is 1. The fraction of sp³-hybridized carbons (Fsp3) is 0.125. The zero-order chi connectivity index (χ0) is 8.27. The van der Waals surface area contributed by atoms with Gasteiger partial charge < -0.3 is 0 Å². The van der Waals surface area contributed by atoms with Crippen LogP contribution in [0.25, 0.3) is 6.08 Å². The molecule has 1 aromatic heterocycles. The van der Waals surface area contributed by atoms with E-state index in [1.165, 1.54) is 13.0 Å². The van der Waals surface area contributed by atoms with E-state index in [1.807, 2.05) is 0 Å². The largest absolute Gasteiger partial charge is 0.293 e. The first-order valence-corrected chi connectivity index (χ1v) is 3.20. The molecule has 1 rings (SSSR count). The van der Waals surface area contributed by atoms with Crippen LogP contribution >= 0.6 is 0 Å². The second-order valence-corrected chi connectivity index (χ2v) is 2.06. The van der Waals surface area contributed by atoms with Crippen LogP contribution in [0.2, 0.25) is 0 Å². The predicted molar refractivity (Wildman–Crippen MR) is 42.1 cm³/mol. The summed E-state index contributed by atoms with van der Waals surface area (Å²) < 4.78 is 0. The van der Waals surface area contributed by atoms with Crippen LogP contribution in [0.4, 0.5) is 0 Å². The molecule has 0 N–H and O–H groups in total. The molecule has 0 radical (unpaired) electrons. The van der Waals surface area contributed by atoms with Crippen molar-refractivity contribution in [3.8, 4) is 0 Å². The molecule has 0 aliphatic rings. The second-order valence-electron chi connectivity index (χ2n) is 2.06. The van der Waals surface area contributed by atoms with Gasteiger partial charge in [-0.2, -0.15) is 0 Å². The summed E-state index contributed by atoms with van der Waals surface area (Å²) >= 11 is 0. The van der Waals surface area contributed by atoms with Crippen LogP contribution in [0.5, 0.6) is 0 Å². The third-order valence-electron chi connectivity index (χ3n) is 1.22. The Morgan fingerprint density at radius 1 is 1.73 bits per heavy atom. The Bertz CT molecular complexity index is 294. The maximum Gasteiger partial charge on any atom is 0.178 e. The van der Waals surface area contributed by atoms with Gasteiger partial charge in [0.05, 0.1) is 0 Å². The van der Waals surface area contributed by atoms with Crippen LogP contribution in [0.15, 0.2) is 18.8 Å². The van der Waals surface area contributed by atoms with Gasteiger partial charge in [-0.3, -0.25) is 4.79 Å². The fourth-order valence-electron chi connectivity index (χ4n) is 0.668. The monoisotopic (exact) mass is 148 g/mol. The van der Waals surface area contributed by atoms with Gasteiger partial charge in [0.2, 0.25) is 0 Å². The normalized spacial score (nSPS) is 9.18. The number of hydrogen-bond donors (Lipinski definition) is 0. The van der Waals surface area contributed by atoms with Gasteiger partial charge in [0.1, 0.15) is 5.69 Å². The molecular formula is C8H8N2O. The minimum absolute atomic E-state index is 0.0597. The van der Waals surface area contributed by atoms with Crippen molar-refractivity contribution in [3.63, 3.8) is 0 Å². The summed E-state index contributed by atoms with van der Waals surface area (Å²) in [6, 6.07) is 1.58. The predicted octanol–water partition coefficient (Wildman–Crippen LogP) is 1.32. The Morgan fingerprint density at radius 2 is 2.45 bits per heavy atom. The highest BCUT2D eigenvalue weighted by Gasteiger charge is 1.99. The van der Waals surface area contributed by atoms with Crippen molar-refractivity contribution in [2.24, 2.45) is 0 Å². The summed E-state index contributed by atoms with van der Waals surface area (Å²) in [6.07, 6.45) is 3.05. The van der Waals surface area contributed by atoms with Crippen LogP contribution in [-0.4, -0.2) is 15.8 Å². The quantitative estimate of drug-likeness (QED) is 0.594. The third kappa shape index (κ3) is 1.70. The Morgan fingerprint density at radius 3 is 3.00 bits per heavy atom. The molecule has 1 aromatic rings. The molecule has 11 heavy (non-hydrogen) atoms. The molecule has 0 aliphatic heterocycles. The van der Waals surface area contributed by atoms with E-state index in [1.54, 1.807) is 12.3 Å². The molecule has 0 saturated heterocycles. The van der Waals surface area contributed by atoms with Crippen LogP contribution in [0, 0.1) is 0 Å². The fourth-order valence-corrected chi connectivity index (χ4v) is 0.668. The lowest BCUT2D eigenvalue weighted by molar-refractivity contribution is 0.101. The Labute approximate surface area is 64.8 Å². The molecule has 3 heteroatoms. The summed E-state index contributed by atoms with van der Waals surface area (Å²) in [5.74, 6) is 0.424. The van der Waals surface area contributed by atoms with Crippen molar-refractivity contribution >= 4 is 11.9 Å². The zero-order valence-corrected chi connectivity index (χ0v) is 6.24. The summed E-state index contributed by atoms with van der Waals surface area (Å²) in [4.78, 5) is 18.6. The van der Waals surface area contributed by atoms with Gasteiger partial charge in [0, 0.05) is 13.1 Å². The second kappa shape index (κ2) is 3.05. The van der Waals surface area contributed by atoms with E-state index in [0.29, 0.717) is 11.5 Å². The van der Waals surface area contributed by atoms with Gasteiger partial charge in [-0.25, -0.2) is 9.97 Å². The van der Waals surface area contributed by atoms with Crippen molar-refractivity contribution in [3.05, 3.63) is 30.4 Å². The Kier molecular flexibility index (Phi) is 2.11. The standard InChI is InChI=1S/C8H8N2O/c1-3-8-9-5-4-7(10-8)6(2)11/h3-5H,1H2,2H3. The molecule has 0 bridgehead atoms. The van der Waals surface area contributed by atoms with Gasteiger partial charge in [0.15, 0.2) is 11.6 Å². The molecule has 0 saturated carbocycles. The molecule has 56 valence electrons. The van der Waals surface area contributed by atoms with Crippen molar-refractivity contribution in [1.29, 1.82) is 0 Å². The Hall–Kier alpha value is -1.51. The average molecular weight is 148 g/mol. The van der Waals surface area contributed by atoms with E-state index < -0.39 is 0 Å². The SMILES string of the molecule is C=Cc1nccc(C(C)=O)n1. The molecule has 0 aliphatic carbocycles. The topological polar surface area (TPSA) is 42.9 Å². The van der Waals surface area contributed by atoms with E-state index in [0.717, 1.165) is 0 Å². The van der Waals surface area contributed by atoms with Gasteiger partial charge >= 0.3 is 0 Å². The zero-order valence-electron chi connectivity index (χ0n) is 6.24. The van der Waals surface area contributed by atoms with Crippen molar-refractivity contribution in [1.82, 2.24) is 9.97 Å². The highest BCUT2D eigenvalue weighted by molar-refractivity contribution is 5.92. The molecule has 0 atom stereocenters. The van der Waals surface area contributed by atoms with Gasteiger partial charge in [-0.1, -0.05) is 6.58 Å². The number of carbonyl (C=O) groups is 1. The molecule has 0 aromatic carbocycles. The molecule has 0 spiro atoms. The van der Waals surface area contributed by atoms with E-state index >= 15 is 0 Å². The minimum atomic E-state index is -0.0597. The maximum atomic E-state index is 10.8. The van der Waals surface area contributed by atoms with E-state index in [9.17, 15) is 4.79 Å². The lowest BCUT2D eigenvalue weighted by Crippen LogP contribution is -1.98. The Balaban J connectivity index is 3.10. The van der Waals surface area contributed by atoms with Crippen molar-refractivity contribution < 1.29 is 4.79 Å². The molecule has 0 amide bonds. The number of carbonyl (C=O) groups excluding carboxylic acids is 1. The molecule has 0 unspecified atom stereocenters. The van der Waals surface area contributed by atoms with Crippen LogP contribution in [-0.2, 0) is 0 Å². The first kappa shape index (κ1) is 7.60. The van der Waals surface area contributed by atoms with Crippen molar-refractivity contribution in [2.45, 2.75) is 6.92 Å². The average Bonchev–Trinajstić information content (AvgIpc) is 2.05.